The molecule has 1 atom stereocenters. The summed E-state index contributed by atoms with van der Waals surface area (Å²) in [5.41, 5.74) is 0.929. The minimum absolute atomic E-state index is 0.224. The van der Waals surface area contributed by atoms with Gasteiger partial charge in [-0.05, 0) is 24.6 Å². The Labute approximate surface area is 166 Å². The summed E-state index contributed by atoms with van der Waals surface area (Å²) in [7, 11) is 0. The highest BCUT2D eigenvalue weighted by atomic mass is 35.5. The van der Waals surface area contributed by atoms with Crippen LogP contribution in [0.1, 0.15) is 28.8 Å². The molecule has 2 aromatic carbocycles. The molecule has 0 radical (unpaired) electrons. The van der Waals surface area contributed by atoms with Gasteiger partial charge >= 0.3 is 5.97 Å². The van der Waals surface area contributed by atoms with Gasteiger partial charge in [-0.2, -0.15) is 0 Å². The van der Waals surface area contributed by atoms with Gasteiger partial charge in [-0.15, -0.1) is 0 Å². The number of carbonyl (C=O) groups is 4. The van der Waals surface area contributed by atoms with Crippen LogP contribution in [0.25, 0.3) is 0 Å². The largest absolute Gasteiger partial charge is 0.454 e. The van der Waals surface area contributed by atoms with E-state index in [0.29, 0.717) is 17.0 Å². The Kier molecular flexibility index (Phi) is 6.06. The van der Waals surface area contributed by atoms with Crippen LogP contribution in [-0.4, -0.2) is 36.2 Å². The number of ketones is 1. The third-order valence-electron chi connectivity index (χ3n) is 4.16. The molecular weight excluding hydrogens is 384 g/mol. The number of amides is 2. The van der Waals surface area contributed by atoms with Crippen LogP contribution < -0.4 is 10.6 Å². The van der Waals surface area contributed by atoms with Crippen LogP contribution in [-0.2, 0) is 19.1 Å². The zero-order chi connectivity index (χ0) is 20.1. The van der Waals surface area contributed by atoms with Crippen LogP contribution in [0.15, 0.2) is 48.5 Å². The maximum absolute atomic E-state index is 12.7. The van der Waals surface area contributed by atoms with Crippen molar-refractivity contribution in [2.45, 2.75) is 18.9 Å². The monoisotopic (exact) mass is 400 g/mol. The standard InChI is InChI=1S/C20H17ClN2O5/c21-13-6-7-15(14(10-13)19(26)12-4-2-1-3-5-12)22-18(25)11-28-20(27)16-8-9-17(24)23-16/h1-7,10,16H,8-9,11H2,(H,22,25)(H,23,24)/t16-/m1/s1. The zero-order valence-electron chi connectivity index (χ0n) is 14.7. The minimum atomic E-state index is -0.731. The highest BCUT2D eigenvalue weighted by Gasteiger charge is 2.29. The number of anilines is 1. The maximum atomic E-state index is 12.7. The van der Waals surface area contributed by atoms with Gasteiger partial charge in [0.2, 0.25) is 5.91 Å². The first-order chi connectivity index (χ1) is 13.4. The Morgan fingerprint density at radius 1 is 1.14 bits per heavy atom. The second kappa shape index (κ2) is 8.67. The average Bonchev–Trinajstić information content (AvgIpc) is 3.14. The van der Waals surface area contributed by atoms with Crippen LogP contribution in [0, 0.1) is 0 Å². The molecule has 0 spiro atoms. The SMILES string of the molecule is O=C(COC(=O)[C@H]1CCC(=O)N1)Nc1ccc(Cl)cc1C(=O)c1ccccc1. The fraction of sp³-hybridized carbons (Fsp3) is 0.200. The molecule has 2 N–H and O–H groups in total. The molecule has 2 aromatic rings. The van der Waals surface area contributed by atoms with Gasteiger partial charge in [0, 0.05) is 22.6 Å². The summed E-state index contributed by atoms with van der Waals surface area (Å²) in [6.45, 7) is -0.535. The molecule has 1 heterocycles. The number of nitrogens with one attached hydrogen (secondary N) is 2. The lowest BCUT2D eigenvalue weighted by Gasteiger charge is -2.13. The predicted molar refractivity (Wildman–Crippen MR) is 102 cm³/mol. The molecule has 28 heavy (non-hydrogen) atoms. The topological polar surface area (TPSA) is 102 Å². The van der Waals surface area contributed by atoms with E-state index in [0.717, 1.165) is 0 Å². The van der Waals surface area contributed by atoms with Gasteiger partial charge in [0.15, 0.2) is 12.4 Å². The minimum Gasteiger partial charge on any atom is -0.454 e. The predicted octanol–water partition coefficient (Wildman–Crippen LogP) is 2.33. The lowest BCUT2D eigenvalue weighted by Crippen LogP contribution is -2.36. The smallest absolute Gasteiger partial charge is 0.329 e. The van der Waals surface area contributed by atoms with Crippen molar-refractivity contribution in [1.29, 1.82) is 0 Å². The Morgan fingerprint density at radius 2 is 1.89 bits per heavy atom. The third-order valence-corrected chi connectivity index (χ3v) is 4.40. The van der Waals surface area contributed by atoms with Crippen molar-refractivity contribution < 1.29 is 23.9 Å². The van der Waals surface area contributed by atoms with Crippen molar-refractivity contribution in [3.63, 3.8) is 0 Å². The third kappa shape index (κ3) is 4.75. The molecule has 8 heteroatoms. The Hall–Kier alpha value is -3.19. The average molecular weight is 401 g/mol. The van der Waals surface area contributed by atoms with Crippen molar-refractivity contribution in [1.82, 2.24) is 5.32 Å². The van der Waals surface area contributed by atoms with E-state index in [9.17, 15) is 19.2 Å². The lowest BCUT2D eigenvalue weighted by molar-refractivity contribution is -0.149. The fourth-order valence-corrected chi connectivity index (χ4v) is 2.94. The molecule has 1 aliphatic rings. The molecular formula is C20H17ClN2O5. The fourth-order valence-electron chi connectivity index (χ4n) is 2.77. The van der Waals surface area contributed by atoms with E-state index in [2.05, 4.69) is 10.6 Å². The molecule has 144 valence electrons. The molecule has 0 bridgehead atoms. The number of esters is 1. The van der Waals surface area contributed by atoms with E-state index < -0.39 is 24.5 Å². The maximum Gasteiger partial charge on any atom is 0.329 e. The van der Waals surface area contributed by atoms with Crippen LogP contribution in [0.3, 0.4) is 0 Å². The highest BCUT2D eigenvalue weighted by Crippen LogP contribution is 2.23. The van der Waals surface area contributed by atoms with E-state index >= 15 is 0 Å². The molecule has 1 fully saturated rings. The second-order valence-electron chi connectivity index (χ2n) is 6.20. The summed E-state index contributed by atoms with van der Waals surface area (Å²) >= 11 is 6.00. The van der Waals surface area contributed by atoms with Crippen molar-refractivity contribution in [2.24, 2.45) is 0 Å². The lowest BCUT2D eigenvalue weighted by atomic mass is 10.0. The van der Waals surface area contributed by atoms with Gasteiger partial charge in [-0.3, -0.25) is 14.4 Å². The number of benzene rings is 2. The molecule has 1 saturated heterocycles. The summed E-state index contributed by atoms with van der Waals surface area (Å²) in [4.78, 5) is 47.9. The zero-order valence-corrected chi connectivity index (χ0v) is 15.5. The van der Waals surface area contributed by atoms with Crippen LogP contribution >= 0.6 is 11.6 Å². The van der Waals surface area contributed by atoms with E-state index in [1.807, 2.05) is 0 Å². The Balaban J connectivity index is 1.66. The van der Waals surface area contributed by atoms with Gasteiger partial charge in [0.25, 0.3) is 5.91 Å². The molecule has 2 amide bonds. The van der Waals surface area contributed by atoms with Crippen LogP contribution in [0.2, 0.25) is 5.02 Å². The molecule has 0 aliphatic carbocycles. The number of halogens is 1. The summed E-state index contributed by atoms with van der Waals surface area (Å²) in [5, 5.41) is 5.38. The first-order valence-electron chi connectivity index (χ1n) is 8.59. The Bertz CT molecular complexity index is 929. The Morgan fingerprint density at radius 3 is 2.57 bits per heavy atom. The highest BCUT2D eigenvalue weighted by molar-refractivity contribution is 6.31. The molecule has 1 aliphatic heterocycles. The number of hydrogen-bond donors (Lipinski definition) is 2. The molecule has 7 nitrogen and oxygen atoms in total. The van der Waals surface area contributed by atoms with E-state index in [1.165, 1.54) is 12.1 Å². The second-order valence-corrected chi connectivity index (χ2v) is 6.64. The molecule has 0 unspecified atom stereocenters. The summed E-state index contributed by atoms with van der Waals surface area (Å²) in [6.07, 6.45) is 0.591. The quantitative estimate of drug-likeness (QED) is 0.572. The van der Waals surface area contributed by atoms with Crippen molar-refractivity contribution in [2.75, 3.05) is 11.9 Å². The van der Waals surface area contributed by atoms with Crippen molar-refractivity contribution >= 4 is 40.9 Å². The summed E-state index contributed by atoms with van der Waals surface area (Å²) in [6, 6.07) is 12.4. The van der Waals surface area contributed by atoms with E-state index in [-0.39, 0.29) is 29.4 Å². The van der Waals surface area contributed by atoms with Gasteiger partial charge in [-0.25, -0.2) is 4.79 Å². The summed E-state index contributed by atoms with van der Waals surface area (Å²) in [5.74, 6) is -1.81. The molecule has 0 aromatic heterocycles. The first kappa shape index (κ1) is 19.6. The molecule has 3 rings (SSSR count). The van der Waals surface area contributed by atoms with E-state index in [4.69, 9.17) is 16.3 Å². The number of ether oxygens (including phenoxy) is 1. The van der Waals surface area contributed by atoms with E-state index in [1.54, 1.807) is 36.4 Å². The van der Waals surface area contributed by atoms with Crippen molar-refractivity contribution in [3.8, 4) is 0 Å². The van der Waals surface area contributed by atoms with Gasteiger partial charge in [-0.1, -0.05) is 41.9 Å². The van der Waals surface area contributed by atoms with Crippen LogP contribution in [0.4, 0.5) is 5.69 Å². The van der Waals surface area contributed by atoms with Gasteiger partial charge in [0.1, 0.15) is 6.04 Å². The number of hydrogen-bond acceptors (Lipinski definition) is 5. The number of carbonyl (C=O) groups excluding carboxylic acids is 4. The normalized spacial score (nSPS) is 15.6. The van der Waals surface area contributed by atoms with Crippen LogP contribution in [0.5, 0.6) is 0 Å². The van der Waals surface area contributed by atoms with Gasteiger partial charge in [0.05, 0.1) is 5.69 Å². The summed E-state index contributed by atoms with van der Waals surface area (Å²) < 4.78 is 4.94. The first-order valence-corrected chi connectivity index (χ1v) is 8.97. The molecule has 0 saturated carbocycles. The number of rotatable bonds is 6. The van der Waals surface area contributed by atoms with Gasteiger partial charge < -0.3 is 15.4 Å². The van der Waals surface area contributed by atoms with Crippen molar-refractivity contribution in [3.05, 3.63) is 64.7 Å².